The van der Waals surface area contributed by atoms with E-state index in [0.717, 1.165) is 33.0 Å². The van der Waals surface area contributed by atoms with Crippen molar-refractivity contribution >= 4 is 0 Å². The molecule has 4 heteroatoms. The first-order valence-electron chi connectivity index (χ1n) is 7.75. The fourth-order valence-electron chi connectivity index (χ4n) is 4.07. The van der Waals surface area contributed by atoms with Crippen LogP contribution in [0.3, 0.4) is 0 Å². The van der Waals surface area contributed by atoms with Gasteiger partial charge in [-0.15, -0.1) is 0 Å². The summed E-state index contributed by atoms with van der Waals surface area (Å²) < 4.78 is 0. The van der Waals surface area contributed by atoms with Crippen molar-refractivity contribution in [2.45, 2.75) is 25.4 Å². The van der Waals surface area contributed by atoms with Crippen LogP contribution in [0.15, 0.2) is 24.3 Å². The molecule has 4 fully saturated rings. The van der Waals surface area contributed by atoms with E-state index in [1.807, 2.05) is 0 Å². The molecule has 4 heterocycles. The normalized spacial score (nSPS) is 38.4. The summed E-state index contributed by atoms with van der Waals surface area (Å²) in [6.07, 6.45) is 1.12. The third-order valence-electron chi connectivity index (χ3n) is 4.88. The zero-order chi connectivity index (χ0) is 13.6. The van der Waals surface area contributed by atoms with Crippen molar-refractivity contribution in [3.63, 3.8) is 0 Å². The van der Waals surface area contributed by atoms with Crippen molar-refractivity contribution in [1.29, 1.82) is 0 Å². The highest BCUT2D eigenvalue weighted by atomic mass is 15.6. The minimum absolute atomic E-state index is 0.276. The quantitative estimate of drug-likeness (QED) is 0.879. The molecule has 0 amide bonds. The lowest BCUT2D eigenvalue weighted by molar-refractivity contribution is -0.150. The lowest BCUT2D eigenvalue weighted by Gasteiger charge is -2.60. The SMILES string of the molecule is CCc1ccc(CNC23CN4CN(CN(C4)C2)C3)cc1. The zero-order valence-corrected chi connectivity index (χ0v) is 12.3. The Morgan fingerprint density at radius 2 is 1.40 bits per heavy atom. The summed E-state index contributed by atoms with van der Waals surface area (Å²) in [5.41, 5.74) is 3.10. The Balaban J connectivity index is 1.43. The minimum atomic E-state index is 0.276. The van der Waals surface area contributed by atoms with E-state index in [2.05, 4.69) is 51.2 Å². The van der Waals surface area contributed by atoms with Crippen molar-refractivity contribution in [3.8, 4) is 0 Å². The molecule has 5 rings (SSSR count). The predicted octanol–water partition coefficient (Wildman–Crippen LogP) is 0.897. The standard InChI is InChI=1S/C16H24N4/c1-2-14-3-5-15(6-4-14)7-17-16-8-18-11-19(9-16)13-20(10-16)12-18/h3-6,17H,2,7-13H2,1H3. The molecule has 4 nitrogen and oxygen atoms in total. The van der Waals surface area contributed by atoms with Crippen LogP contribution in [0, 0.1) is 0 Å². The first-order valence-corrected chi connectivity index (χ1v) is 7.75. The van der Waals surface area contributed by atoms with E-state index in [1.54, 1.807) is 0 Å². The minimum Gasteiger partial charge on any atom is -0.304 e. The van der Waals surface area contributed by atoms with Crippen LogP contribution in [0.2, 0.25) is 0 Å². The van der Waals surface area contributed by atoms with Crippen LogP contribution in [0.1, 0.15) is 18.1 Å². The van der Waals surface area contributed by atoms with Gasteiger partial charge in [0.05, 0.1) is 25.5 Å². The lowest BCUT2D eigenvalue weighted by Crippen LogP contribution is -2.79. The highest BCUT2D eigenvalue weighted by Gasteiger charge is 2.48. The maximum absolute atomic E-state index is 3.86. The Hall–Kier alpha value is -0.940. The molecule has 0 spiro atoms. The molecule has 0 radical (unpaired) electrons. The van der Waals surface area contributed by atoms with Gasteiger partial charge in [-0.2, -0.15) is 0 Å². The van der Waals surface area contributed by atoms with Gasteiger partial charge < -0.3 is 5.32 Å². The summed E-state index contributed by atoms with van der Waals surface area (Å²) in [6.45, 7) is 10.3. The van der Waals surface area contributed by atoms with Crippen LogP contribution in [0.5, 0.6) is 0 Å². The molecule has 108 valence electrons. The largest absolute Gasteiger partial charge is 0.304 e. The van der Waals surface area contributed by atoms with Gasteiger partial charge >= 0.3 is 0 Å². The van der Waals surface area contributed by atoms with Gasteiger partial charge in [-0.05, 0) is 17.5 Å². The van der Waals surface area contributed by atoms with Crippen molar-refractivity contribution in [2.75, 3.05) is 39.6 Å². The van der Waals surface area contributed by atoms with E-state index in [1.165, 1.54) is 30.8 Å². The van der Waals surface area contributed by atoms with E-state index >= 15 is 0 Å². The Morgan fingerprint density at radius 1 is 0.900 bits per heavy atom. The number of benzene rings is 1. The van der Waals surface area contributed by atoms with E-state index in [4.69, 9.17) is 0 Å². The molecule has 1 aromatic rings. The number of hydrogen-bond donors (Lipinski definition) is 1. The first kappa shape index (κ1) is 12.8. The molecular weight excluding hydrogens is 248 g/mol. The lowest BCUT2D eigenvalue weighted by atomic mass is 9.90. The topological polar surface area (TPSA) is 21.8 Å². The summed E-state index contributed by atoms with van der Waals surface area (Å²) in [5.74, 6) is 0. The number of nitrogens with one attached hydrogen (secondary N) is 1. The van der Waals surface area contributed by atoms with Gasteiger partial charge in [0.1, 0.15) is 0 Å². The molecule has 20 heavy (non-hydrogen) atoms. The predicted molar refractivity (Wildman–Crippen MR) is 80.1 cm³/mol. The third kappa shape index (κ3) is 2.27. The Labute approximate surface area is 121 Å². The summed E-state index contributed by atoms with van der Waals surface area (Å²) in [6, 6.07) is 9.06. The maximum atomic E-state index is 3.86. The van der Waals surface area contributed by atoms with Gasteiger partial charge in [0, 0.05) is 26.2 Å². The van der Waals surface area contributed by atoms with Crippen LogP contribution in [0.4, 0.5) is 0 Å². The van der Waals surface area contributed by atoms with Gasteiger partial charge in [-0.25, -0.2) is 0 Å². The molecule has 0 aromatic heterocycles. The van der Waals surface area contributed by atoms with Crippen molar-refractivity contribution in [1.82, 2.24) is 20.0 Å². The van der Waals surface area contributed by atoms with Gasteiger partial charge in [0.15, 0.2) is 0 Å². The average Bonchev–Trinajstić information content (AvgIpc) is 2.44. The Kier molecular flexibility index (Phi) is 3.07. The molecule has 1 N–H and O–H groups in total. The fraction of sp³-hybridized carbons (Fsp3) is 0.625. The van der Waals surface area contributed by atoms with Crippen LogP contribution in [-0.2, 0) is 13.0 Å². The summed E-state index contributed by atoms with van der Waals surface area (Å²) >= 11 is 0. The van der Waals surface area contributed by atoms with Gasteiger partial charge in [-0.1, -0.05) is 31.2 Å². The van der Waals surface area contributed by atoms with E-state index in [-0.39, 0.29) is 5.54 Å². The Morgan fingerprint density at radius 3 is 1.90 bits per heavy atom. The fourth-order valence-corrected chi connectivity index (χ4v) is 4.07. The molecule has 0 atom stereocenters. The molecule has 4 bridgehead atoms. The summed E-state index contributed by atoms with van der Waals surface area (Å²) in [5, 5.41) is 3.86. The molecule has 0 aliphatic carbocycles. The van der Waals surface area contributed by atoms with Crippen LogP contribution < -0.4 is 5.32 Å². The highest BCUT2D eigenvalue weighted by molar-refractivity contribution is 5.23. The molecule has 1 aromatic carbocycles. The second-order valence-corrected chi connectivity index (χ2v) is 6.72. The van der Waals surface area contributed by atoms with Gasteiger partial charge in [-0.3, -0.25) is 14.7 Å². The zero-order valence-electron chi connectivity index (χ0n) is 12.3. The van der Waals surface area contributed by atoms with Crippen molar-refractivity contribution in [2.24, 2.45) is 0 Å². The number of rotatable bonds is 4. The van der Waals surface area contributed by atoms with Gasteiger partial charge in [0.2, 0.25) is 0 Å². The second-order valence-electron chi connectivity index (χ2n) is 6.72. The number of aryl methyl sites for hydroxylation is 1. The monoisotopic (exact) mass is 272 g/mol. The number of hydrogen-bond acceptors (Lipinski definition) is 4. The van der Waals surface area contributed by atoms with Crippen LogP contribution in [0.25, 0.3) is 0 Å². The van der Waals surface area contributed by atoms with E-state index < -0.39 is 0 Å². The molecule has 0 unspecified atom stereocenters. The smallest absolute Gasteiger partial charge is 0.0571 e. The first-order chi connectivity index (χ1) is 9.75. The Bertz CT molecular complexity index is 446. The summed E-state index contributed by atoms with van der Waals surface area (Å²) in [7, 11) is 0. The van der Waals surface area contributed by atoms with Crippen molar-refractivity contribution in [3.05, 3.63) is 35.4 Å². The van der Waals surface area contributed by atoms with Crippen LogP contribution in [-0.4, -0.2) is 59.9 Å². The summed E-state index contributed by atoms with van der Waals surface area (Å²) in [4.78, 5) is 7.68. The third-order valence-corrected chi connectivity index (χ3v) is 4.88. The molecular formula is C16H24N4. The molecule has 4 aliphatic heterocycles. The molecule has 0 saturated carbocycles. The van der Waals surface area contributed by atoms with Gasteiger partial charge in [0.25, 0.3) is 0 Å². The highest BCUT2D eigenvalue weighted by Crippen LogP contribution is 2.29. The maximum Gasteiger partial charge on any atom is 0.0571 e. The van der Waals surface area contributed by atoms with E-state index in [0.29, 0.717) is 0 Å². The van der Waals surface area contributed by atoms with E-state index in [9.17, 15) is 0 Å². The molecule has 4 aliphatic rings. The number of nitrogens with zero attached hydrogens (tertiary/aromatic N) is 3. The molecule has 4 saturated heterocycles. The van der Waals surface area contributed by atoms with Crippen LogP contribution >= 0.6 is 0 Å². The second kappa shape index (κ2) is 4.81. The average molecular weight is 272 g/mol. The van der Waals surface area contributed by atoms with Crippen molar-refractivity contribution < 1.29 is 0 Å².